The lowest BCUT2D eigenvalue weighted by Crippen LogP contribution is -2.25. The first kappa shape index (κ1) is 16.7. The van der Waals surface area contributed by atoms with Crippen molar-refractivity contribution in [3.63, 3.8) is 0 Å². The predicted octanol–water partition coefficient (Wildman–Crippen LogP) is 3.65. The topological polar surface area (TPSA) is 30.5 Å². The Bertz CT molecular complexity index is 427. The number of hydrogen-bond donors (Lipinski definition) is 1. The van der Waals surface area contributed by atoms with E-state index in [0.29, 0.717) is 24.0 Å². The van der Waals surface area contributed by atoms with Crippen LogP contribution in [0.3, 0.4) is 0 Å². The molecule has 4 heteroatoms. The van der Waals surface area contributed by atoms with Crippen molar-refractivity contribution in [1.29, 1.82) is 0 Å². The first-order valence-corrected chi connectivity index (χ1v) is 8.99. The molecule has 0 bridgehead atoms. The van der Waals surface area contributed by atoms with Crippen molar-refractivity contribution in [2.24, 2.45) is 0 Å². The molecule has 1 saturated heterocycles. The number of thioether (sulfide) groups is 1. The maximum atomic E-state index is 5.78. The molecule has 0 aromatic heterocycles. The number of rotatable bonds is 8. The van der Waals surface area contributed by atoms with Gasteiger partial charge in [0.2, 0.25) is 0 Å². The van der Waals surface area contributed by atoms with Gasteiger partial charge in [-0.1, -0.05) is 25.1 Å². The highest BCUT2D eigenvalue weighted by atomic mass is 32.2. The monoisotopic (exact) mass is 309 g/mol. The second kappa shape index (κ2) is 8.66. The van der Waals surface area contributed by atoms with Crippen LogP contribution in [0.1, 0.15) is 38.8 Å². The molecular formula is C17H27NO2S. The van der Waals surface area contributed by atoms with E-state index in [9.17, 15) is 0 Å². The normalized spacial score (nSPS) is 23.2. The van der Waals surface area contributed by atoms with Gasteiger partial charge in [-0.05, 0) is 32.9 Å². The van der Waals surface area contributed by atoms with E-state index in [1.807, 2.05) is 24.8 Å². The highest BCUT2D eigenvalue weighted by molar-refractivity contribution is 8.00. The zero-order valence-corrected chi connectivity index (χ0v) is 14.1. The average Bonchev–Trinajstić information content (AvgIpc) is 2.90. The summed E-state index contributed by atoms with van der Waals surface area (Å²) >= 11 is 2.02. The zero-order valence-electron chi connectivity index (χ0n) is 13.3. The fraction of sp³-hybridized carbons (Fsp3) is 0.647. The first-order chi connectivity index (χ1) is 10.3. The Morgan fingerprint density at radius 3 is 2.86 bits per heavy atom. The molecule has 1 aliphatic heterocycles. The van der Waals surface area contributed by atoms with Gasteiger partial charge < -0.3 is 14.8 Å². The smallest absolute Gasteiger partial charge is 0.124 e. The van der Waals surface area contributed by atoms with Crippen LogP contribution >= 0.6 is 11.8 Å². The Balaban J connectivity index is 2.03. The third kappa shape index (κ3) is 4.63. The number of benzene rings is 1. The molecular weight excluding hydrogens is 282 g/mol. The summed E-state index contributed by atoms with van der Waals surface area (Å²) in [5.41, 5.74) is 1.26. The first-order valence-electron chi connectivity index (χ1n) is 7.94. The molecule has 1 aromatic carbocycles. The molecule has 2 rings (SSSR count). The van der Waals surface area contributed by atoms with Crippen LogP contribution in [0.15, 0.2) is 24.3 Å². The summed E-state index contributed by atoms with van der Waals surface area (Å²) in [4.78, 5) is 0. The van der Waals surface area contributed by atoms with Crippen LogP contribution in [0.2, 0.25) is 0 Å². The summed E-state index contributed by atoms with van der Waals surface area (Å²) in [5.74, 6) is 2.05. The molecule has 1 fully saturated rings. The van der Waals surface area contributed by atoms with E-state index >= 15 is 0 Å². The van der Waals surface area contributed by atoms with E-state index in [1.54, 1.807) is 0 Å². The van der Waals surface area contributed by atoms with Crippen LogP contribution in [0.5, 0.6) is 5.75 Å². The van der Waals surface area contributed by atoms with E-state index < -0.39 is 0 Å². The lowest BCUT2D eigenvalue weighted by molar-refractivity contribution is 0.127. The Labute approximate surface area is 132 Å². The minimum Gasteiger partial charge on any atom is -0.494 e. The van der Waals surface area contributed by atoms with Gasteiger partial charge in [0.1, 0.15) is 5.75 Å². The number of ether oxygens (including phenoxy) is 2. The van der Waals surface area contributed by atoms with Crippen molar-refractivity contribution in [3.05, 3.63) is 29.8 Å². The molecule has 1 heterocycles. The van der Waals surface area contributed by atoms with Gasteiger partial charge in [-0.2, -0.15) is 11.8 Å². The molecule has 0 radical (unpaired) electrons. The lowest BCUT2D eigenvalue weighted by atomic mass is 10.1. The summed E-state index contributed by atoms with van der Waals surface area (Å²) in [6.07, 6.45) is 1.54. The van der Waals surface area contributed by atoms with E-state index in [0.717, 1.165) is 31.1 Å². The molecule has 21 heavy (non-hydrogen) atoms. The van der Waals surface area contributed by atoms with Crippen molar-refractivity contribution >= 4 is 11.8 Å². The Morgan fingerprint density at radius 1 is 1.38 bits per heavy atom. The van der Waals surface area contributed by atoms with E-state index in [2.05, 4.69) is 37.4 Å². The minimum absolute atomic E-state index is 0.329. The summed E-state index contributed by atoms with van der Waals surface area (Å²) in [5, 5.41) is 4.21. The zero-order chi connectivity index (χ0) is 15.1. The van der Waals surface area contributed by atoms with Gasteiger partial charge in [0.05, 0.1) is 12.7 Å². The second-order valence-corrected chi connectivity index (χ2v) is 6.59. The SMILES string of the molecule is CCNC(CSC1CCOC1C)c1ccccc1OCC. The number of para-hydroxylation sites is 1. The largest absolute Gasteiger partial charge is 0.494 e. The van der Waals surface area contributed by atoms with Crippen LogP contribution in [0.4, 0.5) is 0 Å². The maximum absolute atomic E-state index is 5.78. The lowest BCUT2D eigenvalue weighted by Gasteiger charge is -2.23. The highest BCUT2D eigenvalue weighted by Crippen LogP contribution is 2.32. The summed E-state index contributed by atoms with van der Waals surface area (Å²) in [7, 11) is 0. The van der Waals surface area contributed by atoms with Gasteiger partial charge in [-0.25, -0.2) is 0 Å². The molecule has 0 spiro atoms. The van der Waals surface area contributed by atoms with Crippen molar-refractivity contribution in [2.45, 2.75) is 44.6 Å². The molecule has 1 aromatic rings. The Morgan fingerprint density at radius 2 is 2.19 bits per heavy atom. The second-order valence-electron chi connectivity index (χ2n) is 5.32. The Hall–Kier alpha value is -0.710. The molecule has 3 atom stereocenters. The maximum Gasteiger partial charge on any atom is 0.124 e. The summed E-state index contributed by atoms with van der Waals surface area (Å²) in [6.45, 7) is 8.94. The summed E-state index contributed by atoms with van der Waals surface area (Å²) < 4.78 is 11.4. The van der Waals surface area contributed by atoms with Crippen LogP contribution in [0, 0.1) is 0 Å². The van der Waals surface area contributed by atoms with Gasteiger partial charge in [-0.15, -0.1) is 0 Å². The van der Waals surface area contributed by atoms with E-state index in [4.69, 9.17) is 9.47 Å². The van der Waals surface area contributed by atoms with Crippen LogP contribution in [0.25, 0.3) is 0 Å². The molecule has 0 amide bonds. The molecule has 1 aliphatic rings. The fourth-order valence-corrected chi connectivity index (χ4v) is 4.06. The van der Waals surface area contributed by atoms with E-state index in [1.165, 1.54) is 5.56 Å². The molecule has 0 aliphatic carbocycles. The number of nitrogens with one attached hydrogen (secondary N) is 1. The van der Waals surface area contributed by atoms with Gasteiger partial charge in [0.25, 0.3) is 0 Å². The molecule has 3 unspecified atom stereocenters. The van der Waals surface area contributed by atoms with Gasteiger partial charge in [0, 0.05) is 29.2 Å². The van der Waals surface area contributed by atoms with Gasteiger partial charge in [-0.3, -0.25) is 0 Å². The minimum atomic E-state index is 0.329. The van der Waals surface area contributed by atoms with Crippen LogP contribution < -0.4 is 10.1 Å². The third-order valence-electron chi connectivity index (χ3n) is 3.83. The molecule has 3 nitrogen and oxygen atoms in total. The predicted molar refractivity (Wildman–Crippen MR) is 90.3 cm³/mol. The van der Waals surface area contributed by atoms with E-state index in [-0.39, 0.29) is 0 Å². The fourth-order valence-electron chi connectivity index (χ4n) is 2.71. The van der Waals surface area contributed by atoms with Gasteiger partial charge in [0.15, 0.2) is 0 Å². The van der Waals surface area contributed by atoms with Crippen molar-refractivity contribution in [2.75, 3.05) is 25.5 Å². The quantitative estimate of drug-likeness (QED) is 0.794. The molecule has 0 saturated carbocycles. The molecule has 1 N–H and O–H groups in total. The summed E-state index contributed by atoms with van der Waals surface area (Å²) in [6, 6.07) is 8.70. The van der Waals surface area contributed by atoms with Crippen molar-refractivity contribution in [1.82, 2.24) is 5.32 Å². The van der Waals surface area contributed by atoms with Crippen LogP contribution in [-0.4, -0.2) is 36.9 Å². The highest BCUT2D eigenvalue weighted by Gasteiger charge is 2.26. The number of hydrogen-bond acceptors (Lipinski definition) is 4. The van der Waals surface area contributed by atoms with Crippen molar-refractivity contribution in [3.8, 4) is 5.75 Å². The average molecular weight is 309 g/mol. The molecule has 118 valence electrons. The van der Waals surface area contributed by atoms with Gasteiger partial charge >= 0.3 is 0 Å². The van der Waals surface area contributed by atoms with Crippen molar-refractivity contribution < 1.29 is 9.47 Å². The standard InChI is InChI=1S/C17H27NO2S/c1-4-18-15(12-21-17-10-11-20-13(17)3)14-8-6-7-9-16(14)19-5-2/h6-9,13,15,17-18H,4-5,10-12H2,1-3H3. The van der Waals surface area contributed by atoms with Crippen LogP contribution in [-0.2, 0) is 4.74 Å². The third-order valence-corrected chi connectivity index (χ3v) is 5.40. The Kier molecular flexibility index (Phi) is 6.87.